The second-order valence-electron chi connectivity index (χ2n) is 2.69. The maximum Gasteiger partial charge on any atom is 0.337 e. The van der Waals surface area contributed by atoms with Crippen molar-refractivity contribution in [3.05, 3.63) is 35.1 Å². The van der Waals surface area contributed by atoms with E-state index in [1.807, 2.05) is 0 Å². The summed E-state index contributed by atoms with van der Waals surface area (Å²) >= 11 is 5.84. The summed E-state index contributed by atoms with van der Waals surface area (Å²) in [7, 11) is 0. The lowest BCUT2D eigenvalue weighted by Crippen LogP contribution is -1.97. The lowest BCUT2D eigenvalue weighted by Gasteiger charge is -1.99. The molecule has 0 amide bonds. The van der Waals surface area contributed by atoms with Crippen molar-refractivity contribution in [1.29, 1.82) is 0 Å². The number of hydrogen-bond acceptors (Lipinski definition) is 3. The van der Waals surface area contributed by atoms with Gasteiger partial charge in [0.15, 0.2) is 0 Å². The Morgan fingerprint density at radius 2 is 2.21 bits per heavy atom. The largest absolute Gasteiger partial charge is 0.478 e. The first-order valence-corrected chi connectivity index (χ1v) is 4.20. The molecule has 0 aromatic carbocycles. The minimum Gasteiger partial charge on any atom is -0.478 e. The molecule has 0 unspecified atom stereocenters. The van der Waals surface area contributed by atoms with Crippen LogP contribution in [0.3, 0.4) is 0 Å². The highest BCUT2D eigenvalue weighted by Gasteiger charge is 2.06. The minimum absolute atomic E-state index is 0.104. The van der Waals surface area contributed by atoms with E-state index in [0.29, 0.717) is 16.1 Å². The van der Waals surface area contributed by atoms with Crippen LogP contribution in [0.15, 0.2) is 24.5 Å². The summed E-state index contributed by atoms with van der Waals surface area (Å²) in [5.74, 6) is -1.03. The zero-order chi connectivity index (χ0) is 10.1. The summed E-state index contributed by atoms with van der Waals surface area (Å²) in [6, 6.07) is 3.05. The van der Waals surface area contributed by atoms with Crippen molar-refractivity contribution < 1.29 is 9.90 Å². The molecule has 0 aliphatic heterocycles. The van der Waals surface area contributed by atoms with Gasteiger partial charge in [-0.05, 0) is 12.1 Å². The molecular formula is C9H5ClN2O2. The van der Waals surface area contributed by atoms with E-state index in [1.165, 1.54) is 18.5 Å². The van der Waals surface area contributed by atoms with E-state index in [4.69, 9.17) is 16.7 Å². The second kappa shape index (κ2) is 3.23. The average Bonchev–Trinajstić information content (AvgIpc) is 2.17. The molecule has 70 valence electrons. The van der Waals surface area contributed by atoms with Crippen molar-refractivity contribution in [3.8, 4) is 0 Å². The lowest BCUT2D eigenvalue weighted by atomic mass is 10.2. The van der Waals surface area contributed by atoms with Crippen molar-refractivity contribution in [2.24, 2.45) is 0 Å². The number of fused-ring (bicyclic) bond motifs is 1. The smallest absolute Gasteiger partial charge is 0.337 e. The van der Waals surface area contributed by atoms with Gasteiger partial charge in [0.2, 0.25) is 0 Å². The van der Waals surface area contributed by atoms with Crippen LogP contribution in [0.1, 0.15) is 10.4 Å². The third-order valence-electron chi connectivity index (χ3n) is 1.78. The molecule has 5 heteroatoms. The van der Waals surface area contributed by atoms with Gasteiger partial charge in [0.05, 0.1) is 16.1 Å². The Hall–Kier alpha value is -1.68. The van der Waals surface area contributed by atoms with Crippen molar-refractivity contribution in [3.63, 3.8) is 0 Å². The Kier molecular flexibility index (Phi) is 2.05. The summed E-state index contributed by atoms with van der Waals surface area (Å²) < 4.78 is 0. The van der Waals surface area contributed by atoms with E-state index >= 15 is 0 Å². The fourth-order valence-electron chi connectivity index (χ4n) is 1.11. The Morgan fingerprint density at radius 1 is 1.43 bits per heavy atom. The number of halogens is 1. The standard InChI is InChI=1S/C9H5ClN2O2/c10-6-1-2-11-7-3-5(9(13)14)4-12-8(6)7/h1-4H,(H,13,14). The Labute approximate surface area is 84.2 Å². The van der Waals surface area contributed by atoms with E-state index < -0.39 is 5.97 Å². The number of carboxylic acids is 1. The predicted molar refractivity (Wildman–Crippen MR) is 51.5 cm³/mol. The molecule has 0 bridgehead atoms. The van der Waals surface area contributed by atoms with E-state index in [1.54, 1.807) is 6.07 Å². The summed E-state index contributed by atoms with van der Waals surface area (Å²) in [6.07, 6.45) is 2.77. The molecule has 4 nitrogen and oxygen atoms in total. The van der Waals surface area contributed by atoms with E-state index in [2.05, 4.69) is 9.97 Å². The van der Waals surface area contributed by atoms with Crippen LogP contribution in [0.2, 0.25) is 5.02 Å². The topological polar surface area (TPSA) is 63.1 Å². The van der Waals surface area contributed by atoms with Crippen molar-refractivity contribution in [2.45, 2.75) is 0 Å². The van der Waals surface area contributed by atoms with Crippen LogP contribution in [0.4, 0.5) is 0 Å². The van der Waals surface area contributed by atoms with Crippen LogP contribution in [-0.2, 0) is 0 Å². The van der Waals surface area contributed by atoms with Crippen molar-refractivity contribution in [1.82, 2.24) is 9.97 Å². The molecule has 0 saturated carbocycles. The first-order chi connectivity index (χ1) is 6.68. The van der Waals surface area contributed by atoms with Gasteiger partial charge in [0.25, 0.3) is 0 Å². The molecule has 0 saturated heterocycles. The monoisotopic (exact) mass is 208 g/mol. The van der Waals surface area contributed by atoms with Crippen LogP contribution in [-0.4, -0.2) is 21.0 Å². The SMILES string of the molecule is O=C(O)c1cnc2c(Cl)ccnc2c1. The number of aromatic carboxylic acids is 1. The summed E-state index contributed by atoms with van der Waals surface area (Å²) in [6.45, 7) is 0. The number of carboxylic acid groups (broad SMARTS) is 1. The Bertz CT molecular complexity index is 513. The normalized spacial score (nSPS) is 10.4. The number of rotatable bonds is 1. The van der Waals surface area contributed by atoms with E-state index in [9.17, 15) is 4.79 Å². The maximum atomic E-state index is 10.6. The molecule has 14 heavy (non-hydrogen) atoms. The fourth-order valence-corrected chi connectivity index (χ4v) is 1.32. The first-order valence-electron chi connectivity index (χ1n) is 3.82. The van der Waals surface area contributed by atoms with Gasteiger partial charge in [0.1, 0.15) is 5.52 Å². The summed E-state index contributed by atoms with van der Waals surface area (Å²) in [4.78, 5) is 18.5. The number of hydrogen-bond donors (Lipinski definition) is 1. The number of aromatic nitrogens is 2. The van der Waals surface area contributed by atoms with Gasteiger partial charge in [-0.2, -0.15) is 0 Å². The molecule has 0 fully saturated rings. The number of nitrogens with zero attached hydrogens (tertiary/aromatic N) is 2. The molecule has 1 N–H and O–H groups in total. The zero-order valence-corrected chi connectivity index (χ0v) is 7.69. The lowest BCUT2D eigenvalue weighted by molar-refractivity contribution is 0.0696. The van der Waals surface area contributed by atoms with Crippen LogP contribution in [0.5, 0.6) is 0 Å². The molecule has 0 radical (unpaired) electrons. The molecule has 0 aliphatic rings. The van der Waals surface area contributed by atoms with Crippen LogP contribution in [0.25, 0.3) is 11.0 Å². The average molecular weight is 209 g/mol. The molecule has 2 aromatic rings. The highest BCUT2D eigenvalue weighted by atomic mass is 35.5. The predicted octanol–water partition coefficient (Wildman–Crippen LogP) is 1.98. The zero-order valence-electron chi connectivity index (χ0n) is 6.94. The van der Waals surface area contributed by atoms with Crippen molar-refractivity contribution >= 4 is 28.6 Å². The van der Waals surface area contributed by atoms with Gasteiger partial charge in [-0.1, -0.05) is 11.6 Å². The van der Waals surface area contributed by atoms with E-state index in [-0.39, 0.29) is 5.56 Å². The number of pyridine rings is 2. The Morgan fingerprint density at radius 3 is 2.93 bits per heavy atom. The van der Waals surface area contributed by atoms with Gasteiger partial charge in [0, 0.05) is 12.4 Å². The summed E-state index contributed by atoms with van der Waals surface area (Å²) in [5, 5.41) is 9.18. The van der Waals surface area contributed by atoms with Gasteiger partial charge in [-0.15, -0.1) is 0 Å². The highest BCUT2D eigenvalue weighted by Crippen LogP contribution is 2.19. The fraction of sp³-hybridized carbons (Fsp3) is 0. The molecule has 2 rings (SSSR count). The third-order valence-corrected chi connectivity index (χ3v) is 2.08. The van der Waals surface area contributed by atoms with Crippen LogP contribution < -0.4 is 0 Å². The molecule has 2 heterocycles. The first kappa shape index (κ1) is 8.90. The highest BCUT2D eigenvalue weighted by molar-refractivity contribution is 6.34. The molecular weight excluding hydrogens is 204 g/mol. The molecule has 0 aliphatic carbocycles. The Balaban J connectivity index is 2.73. The second-order valence-corrected chi connectivity index (χ2v) is 3.10. The van der Waals surface area contributed by atoms with Gasteiger partial charge in [-0.3, -0.25) is 9.97 Å². The summed E-state index contributed by atoms with van der Waals surface area (Å²) in [5.41, 5.74) is 1.10. The van der Waals surface area contributed by atoms with Crippen LogP contribution in [0, 0.1) is 0 Å². The van der Waals surface area contributed by atoms with Gasteiger partial charge in [-0.25, -0.2) is 4.79 Å². The third kappa shape index (κ3) is 1.40. The maximum absolute atomic E-state index is 10.6. The minimum atomic E-state index is -1.03. The molecule has 0 spiro atoms. The quantitative estimate of drug-likeness (QED) is 0.779. The van der Waals surface area contributed by atoms with Crippen LogP contribution >= 0.6 is 11.6 Å². The number of carbonyl (C=O) groups is 1. The van der Waals surface area contributed by atoms with Gasteiger partial charge < -0.3 is 5.11 Å². The van der Waals surface area contributed by atoms with E-state index in [0.717, 1.165) is 0 Å². The molecule has 0 atom stereocenters. The molecule has 2 aromatic heterocycles. The van der Waals surface area contributed by atoms with Gasteiger partial charge >= 0.3 is 5.97 Å². The van der Waals surface area contributed by atoms with Crippen molar-refractivity contribution in [2.75, 3.05) is 0 Å².